The van der Waals surface area contributed by atoms with Gasteiger partial charge in [-0.05, 0) is 210 Å². The highest BCUT2D eigenvalue weighted by Crippen LogP contribution is 2.29. The first kappa shape index (κ1) is 77.6. The fourth-order valence-corrected chi connectivity index (χ4v) is 11.2. The number of ether oxygens (including phenoxy) is 1. The van der Waals surface area contributed by atoms with Gasteiger partial charge in [0.25, 0.3) is 0 Å². The fourth-order valence-electron chi connectivity index (χ4n) is 11.2. The minimum Gasteiger partial charge on any atom is -0.491 e. The third-order valence-electron chi connectivity index (χ3n) is 15.6. The highest BCUT2D eigenvalue weighted by atomic mass is 19.1. The summed E-state index contributed by atoms with van der Waals surface area (Å²) in [6.45, 7) is 24.9. The number of aromatic amines is 4. The Bertz CT molecular complexity index is 3930. The number of aliphatic hydroxyl groups excluding tert-OH is 1. The SMILES string of the molecule is CCCN(C)Cc1[nH]ncc1-c1ccc(F)cc1.CCCN(C)Cc1cn(CCO)nc1-c1ccc(F)cc1.CCCN(C)Cc1cn[nH]c1-c1ccc(C#N)cc1.CCCN(C)Cc1cn[nH]c1-c1ccc(OC(C)C)cc1.CCCN(C)Cc1cn[nH]c1-c1cccc(C#N)c1. The molecular weight excluding hydrogens is 1230 g/mol. The molecule has 0 unspecified atom stereocenters. The van der Waals surface area contributed by atoms with Crippen molar-refractivity contribution in [3.05, 3.63) is 203 Å². The van der Waals surface area contributed by atoms with Crippen LogP contribution < -0.4 is 4.74 Å². The monoisotopic (exact) mass is 1330 g/mol. The molecule has 0 fully saturated rings. The van der Waals surface area contributed by atoms with Gasteiger partial charge >= 0.3 is 0 Å². The van der Waals surface area contributed by atoms with Crippen molar-refractivity contribution in [2.75, 3.05) is 74.6 Å². The minimum atomic E-state index is -0.252. The molecule has 5 aromatic carbocycles. The lowest BCUT2D eigenvalue weighted by Gasteiger charge is -2.15. The Morgan fingerprint density at radius 3 is 1.33 bits per heavy atom. The number of nitriles is 2. The van der Waals surface area contributed by atoms with Crippen molar-refractivity contribution >= 4 is 0 Å². The van der Waals surface area contributed by atoms with E-state index in [9.17, 15) is 8.78 Å². The maximum atomic E-state index is 13.1. The quantitative estimate of drug-likeness (QED) is 0.0294. The summed E-state index contributed by atoms with van der Waals surface area (Å²) in [6, 6.07) is 40.5. The average molecular weight is 1330 g/mol. The van der Waals surface area contributed by atoms with Crippen molar-refractivity contribution < 1.29 is 18.6 Å². The van der Waals surface area contributed by atoms with Crippen LogP contribution in [0.1, 0.15) is 120 Å². The van der Waals surface area contributed by atoms with Gasteiger partial charge in [-0.3, -0.25) is 25.1 Å². The van der Waals surface area contributed by atoms with Gasteiger partial charge in [0, 0.05) is 83.4 Å². The molecule has 520 valence electrons. The molecule has 19 nitrogen and oxygen atoms in total. The number of halogens is 2. The van der Waals surface area contributed by atoms with E-state index in [1.807, 2.05) is 99.3 Å². The lowest BCUT2D eigenvalue weighted by Crippen LogP contribution is -2.19. The molecule has 5 aromatic heterocycles. The predicted octanol–water partition coefficient (Wildman–Crippen LogP) is 14.9. The summed E-state index contributed by atoms with van der Waals surface area (Å²) in [5, 5.41) is 60.1. The highest BCUT2D eigenvalue weighted by molar-refractivity contribution is 5.67. The van der Waals surface area contributed by atoms with Gasteiger partial charge in [-0.2, -0.15) is 36.0 Å². The second-order valence-electron chi connectivity index (χ2n) is 24.8. The summed E-state index contributed by atoms with van der Waals surface area (Å²) in [5.41, 5.74) is 17.2. The summed E-state index contributed by atoms with van der Waals surface area (Å²) in [7, 11) is 10.5. The van der Waals surface area contributed by atoms with E-state index in [4.69, 9.17) is 20.4 Å². The van der Waals surface area contributed by atoms with Crippen LogP contribution in [0.2, 0.25) is 0 Å². The van der Waals surface area contributed by atoms with E-state index in [1.54, 1.807) is 35.1 Å². The lowest BCUT2D eigenvalue weighted by molar-refractivity contribution is 0.242. The molecule has 5 heterocycles. The summed E-state index contributed by atoms with van der Waals surface area (Å²) in [4.78, 5) is 11.3. The van der Waals surface area contributed by atoms with Gasteiger partial charge in [0.1, 0.15) is 17.4 Å². The van der Waals surface area contributed by atoms with E-state index in [1.165, 1.54) is 35.4 Å². The number of aliphatic hydroxyl groups is 1. The van der Waals surface area contributed by atoms with E-state index >= 15 is 0 Å². The first-order valence-corrected chi connectivity index (χ1v) is 33.9. The lowest BCUT2D eigenvalue weighted by atomic mass is 10.1. The molecule has 98 heavy (non-hydrogen) atoms. The second kappa shape index (κ2) is 41.6. The Kier molecular flexibility index (Phi) is 32.9. The van der Waals surface area contributed by atoms with Crippen molar-refractivity contribution in [3.63, 3.8) is 0 Å². The van der Waals surface area contributed by atoms with E-state index in [0.29, 0.717) is 17.7 Å². The van der Waals surface area contributed by atoms with Gasteiger partial charge in [0.15, 0.2) is 0 Å². The standard InChI is InChI=1S/C17H25N3O.C16H22FN3O.2C15H18N4.C14H18FN3/c1-5-10-20(4)12-15-11-18-19-17(15)14-6-8-16(9-7-14)21-13(2)3;1-3-8-19(2)11-14-12-20(9-10-21)18-16(14)13-4-6-15(17)7-5-13;1-3-8-19(2)11-14-10-17-18-15(14)13-6-4-12(9-16)5-7-13;1-3-7-19(2)11-14-10-17-18-15(14)13-6-4-5-12(8-13)9-16;1-3-8-18(2)10-14-13(9-16-17-14)11-4-6-12(15)7-5-11/h6-9,11,13H,5,10,12H2,1-4H3,(H,18,19);4-7,12,21H,3,8-11H2,1-2H3;4-7,10H,3,8,11H2,1-2H3,(H,17,18);4-6,8,10H,3,7,11H2,1-2H3,(H,17,18);4-7,9H,3,8,10H2,1-2H3,(H,16,17). The summed E-state index contributed by atoms with van der Waals surface area (Å²) < 4.78 is 33.4. The molecular formula is C77H101F2N17O2. The van der Waals surface area contributed by atoms with Crippen LogP contribution in [-0.2, 0) is 39.3 Å². The Labute approximate surface area is 579 Å². The zero-order valence-corrected chi connectivity index (χ0v) is 59.5. The van der Waals surface area contributed by atoms with Crippen molar-refractivity contribution in [2.45, 2.75) is 126 Å². The number of benzene rings is 5. The molecule has 0 radical (unpaired) electrons. The van der Waals surface area contributed by atoms with E-state index in [2.05, 4.69) is 165 Å². The van der Waals surface area contributed by atoms with Crippen LogP contribution in [-0.4, -0.2) is 161 Å². The zero-order valence-electron chi connectivity index (χ0n) is 59.5. The van der Waals surface area contributed by atoms with Crippen LogP contribution >= 0.6 is 0 Å². The summed E-state index contributed by atoms with van der Waals surface area (Å²) in [6.07, 6.45) is 15.2. The molecule has 0 amide bonds. The largest absolute Gasteiger partial charge is 0.491 e. The molecule has 0 saturated heterocycles. The molecule has 5 N–H and O–H groups in total. The molecule has 0 spiro atoms. The van der Waals surface area contributed by atoms with Crippen LogP contribution in [0.5, 0.6) is 5.75 Å². The molecule has 0 atom stereocenters. The number of hydrogen-bond donors (Lipinski definition) is 5. The van der Waals surface area contributed by atoms with Gasteiger partial charge < -0.3 is 34.3 Å². The van der Waals surface area contributed by atoms with Crippen LogP contribution in [0.15, 0.2) is 152 Å². The fraction of sp³-hybridized carbons (Fsp3) is 0.390. The number of H-pyrrole nitrogens is 4. The number of aromatic nitrogens is 10. The van der Waals surface area contributed by atoms with E-state index < -0.39 is 0 Å². The van der Waals surface area contributed by atoms with Crippen molar-refractivity contribution in [3.8, 4) is 74.0 Å². The summed E-state index contributed by atoms with van der Waals surface area (Å²) >= 11 is 0. The molecule has 10 rings (SSSR count). The van der Waals surface area contributed by atoms with Crippen LogP contribution in [0.25, 0.3) is 56.2 Å². The van der Waals surface area contributed by atoms with Crippen molar-refractivity contribution in [2.24, 2.45) is 0 Å². The van der Waals surface area contributed by atoms with Crippen molar-refractivity contribution in [1.29, 1.82) is 10.5 Å². The van der Waals surface area contributed by atoms with Crippen LogP contribution in [0.3, 0.4) is 0 Å². The smallest absolute Gasteiger partial charge is 0.123 e. The first-order chi connectivity index (χ1) is 47.4. The molecule has 0 aliphatic heterocycles. The highest BCUT2D eigenvalue weighted by Gasteiger charge is 2.16. The first-order valence-electron chi connectivity index (χ1n) is 33.9. The maximum absolute atomic E-state index is 13.1. The molecule has 10 aromatic rings. The molecule has 0 aliphatic carbocycles. The van der Waals surface area contributed by atoms with Gasteiger partial charge in [0.2, 0.25) is 0 Å². The topological polar surface area (TPSA) is 226 Å². The number of hydrogen-bond acceptors (Lipinski definition) is 14. The zero-order chi connectivity index (χ0) is 70.8. The molecule has 0 bridgehead atoms. The Hall–Kier alpha value is -9.45. The maximum Gasteiger partial charge on any atom is 0.123 e. The Balaban J connectivity index is 0.000000194. The second-order valence-corrected chi connectivity index (χ2v) is 24.8. The minimum absolute atomic E-state index is 0.0504. The van der Waals surface area contributed by atoms with Gasteiger partial charge in [-0.15, -0.1) is 0 Å². The molecule has 21 heteroatoms. The molecule has 0 saturated carbocycles. The Morgan fingerprint density at radius 1 is 0.480 bits per heavy atom. The van der Waals surface area contributed by atoms with E-state index in [0.717, 1.165) is 176 Å². The number of rotatable bonds is 29. The third-order valence-corrected chi connectivity index (χ3v) is 15.6. The number of nitrogens with zero attached hydrogens (tertiary/aromatic N) is 13. The van der Waals surface area contributed by atoms with Gasteiger partial charge in [-0.1, -0.05) is 71.0 Å². The van der Waals surface area contributed by atoms with E-state index in [-0.39, 0.29) is 24.3 Å². The average Bonchev–Trinajstić information content (AvgIpc) is 1.69. The normalized spacial score (nSPS) is 11.0. The summed E-state index contributed by atoms with van der Waals surface area (Å²) in [5.74, 6) is 0.433. The predicted molar refractivity (Wildman–Crippen MR) is 389 cm³/mol. The van der Waals surface area contributed by atoms with Crippen LogP contribution in [0.4, 0.5) is 8.78 Å². The number of nitrogens with one attached hydrogen (secondary N) is 4. The third kappa shape index (κ3) is 25.2. The van der Waals surface area contributed by atoms with Gasteiger partial charge in [0.05, 0.1) is 95.8 Å². The molecule has 0 aliphatic rings. The Morgan fingerprint density at radius 2 is 0.888 bits per heavy atom. The van der Waals surface area contributed by atoms with Crippen molar-refractivity contribution in [1.82, 2.24) is 75.1 Å². The van der Waals surface area contributed by atoms with Crippen LogP contribution in [0, 0.1) is 34.3 Å². The van der Waals surface area contributed by atoms with Gasteiger partial charge in [-0.25, -0.2) is 8.78 Å².